The third kappa shape index (κ3) is 7.57. The van der Waals surface area contributed by atoms with Crippen molar-refractivity contribution in [1.29, 1.82) is 0 Å². The minimum Gasteiger partial charge on any atom is -0.456 e. The Hall–Kier alpha value is -1.73. The molecule has 0 aliphatic rings. The summed E-state index contributed by atoms with van der Waals surface area (Å²) in [5.41, 5.74) is 0.754. The maximum absolute atomic E-state index is 12.0. The van der Waals surface area contributed by atoms with Crippen molar-refractivity contribution in [2.45, 2.75) is 39.7 Å². The molecule has 0 bridgehead atoms. The van der Waals surface area contributed by atoms with Crippen molar-refractivity contribution in [3.8, 4) is 11.8 Å². The molecule has 0 fully saturated rings. The molecule has 0 aromatic heterocycles. The molecule has 1 aromatic carbocycles. The standard InChI is InChI=1S/C17H20O3S/c1-13(18)21-11-6-5-8-14-9-7-10-15(12-14)16(19)20-17(2,3)4/h7,9-10,12H,6,11H2,1-4H3. The van der Waals surface area contributed by atoms with Crippen LogP contribution in [-0.2, 0) is 9.53 Å². The summed E-state index contributed by atoms with van der Waals surface area (Å²) in [6.07, 6.45) is 0.640. The molecule has 0 aliphatic carbocycles. The summed E-state index contributed by atoms with van der Waals surface area (Å²) in [5.74, 6) is 6.33. The van der Waals surface area contributed by atoms with Crippen LogP contribution < -0.4 is 0 Å². The summed E-state index contributed by atoms with van der Waals surface area (Å²) < 4.78 is 5.32. The molecule has 0 atom stereocenters. The molecule has 0 heterocycles. The molecular weight excluding hydrogens is 284 g/mol. The Balaban J connectivity index is 2.66. The molecule has 1 rings (SSSR count). The third-order valence-corrected chi connectivity index (χ3v) is 3.08. The number of hydrogen-bond donors (Lipinski definition) is 0. The van der Waals surface area contributed by atoms with E-state index in [4.69, 9.17) is 4.74 Å². The Bertz CT molecular complexity index is 574. The number of carbonyl (C=O) groups is 2. The van der Waals surface area contributed by atoms with Gasteiger partial charge in [-0.1, -0.05) is 29.7 Å². The molecule has 0 saturated heterocycles. The molecule has 0 unspecified atom stereocenters. The molecule has 21 heavy (non-hydrogen) atoms. The van der Waals surface area contributed by atoms with Crippen LogP contribution in [0.1, 0.15) is 50.0 Å². The van der Waals surface area contributed by atoms with E-state index in [0.29, 0.717) is 17.7 Å². The second kappa shape index (κ2) is 7.90. The highest BCUT2D eigenvalue weighted by Crippen LogP contribution is 2.13. The second-order valence-electron chi connectivity index (χ2n) is 5.47. The normalized spacial score (nSPS) is 10.5. The lowest BCUT2D eigenvalue weighted by atomic mass is 10.1. The Morgan fingerprint density at radius 2 is 2.00 bits per heavy atom. The van der Waals surface area contributed by atoms with Gasteiger partial charge < -0.3 is 4.74 Å². The summed E-state index contributed by atoms with van der Waals surface area (Å²) in [6.45, 7) is 7.05. The first-order valence-corrected chi connectivity index (χ1v) is 7.72. The van der Waals surface area contributed by atoms with Crippen molar-refractivity contribution in [3.63, 3.8) is 0 Å². The maximum Gasteiger partial charge on any atom is 0.338 e. The van der Waals surface area contributed by atoms with E-state index in [-0.39, 0.29) is 11.1 Å². The van der Waals surface area contributed by atoms with Gasteiger partial charge in [0, 0.05) is 24.7 Å². The van der Waals surface area contributed by atoms with Crippen molar-refractivity contribution in [1.82, 2.24) is 0 Å². The van der Waals surface area contributed by atoms with Crippen molar-refractivity contribution in [3.05, 3.63) is 35.4 Å². The minimum atomic E-state index is -0.511. The summed E-state index contributed by atoms with van der Waals surface area (Å²) in [7, 11) is 0. The summed E-state index contributed by atoms with van der Waals surface area (Å²) in [6, 6.07) is 7.07. The number of esters is 1. The third-order valence-electron chi connectivity index (χ3n) is 2.26. The van der Waals surface area contributed by atoms with E-state index in [1.54, 1.807) is 25.1 Å². The van der Waals surface area contributed by atoms with Crippen molar-refractivity contribution < 1.29 is 14.3 Å². The molecule has 0 radical (unpaired) electrons. The van der Waals surface area contributed by atoms with Crippen LogP contribution in [0.5, 0.6) is 0 Å². The van der Waals surface area contributed by atoms with E-state index >= 15 is 0 Å². The smallest absolute Gasteiger partial charge is 0.338 e. The average molecular weight is 304 g/mol. The Kier molecular flexibility index (Phi) is 6.51. The lowest BCUT2D eigenvalue weighted by molar-refractivity contribution is -0.109. The maximum atomic E-state index is 12.0. The highest BCUT2D eigenvalue weighted by molar-refractivity contribution is 8.13. The van der Waals surface area contributed by atoms with Gasteiger partial charge in [0.05, 0.1) is 5.56 Å². The molecule has 3 nitrogen and oxygen atoms in total. The number of rotatable bonds is 3. The van der Waals surface area contributed by atoms with Crippen LogP contribution in [0.4, 0.5) is 0 Å². The first-order chi connectivity index (χ1) is 9.78. The molecule has 0 N–H and O–H groups in total. The molecular formula is C17H20O3S. The van der Waals surface area contributed by atoms with Gasteiger partial charge in [-0.3, -0.25) is 4.79 Å². The number of carbonyl (C=O) groups excluding carboxylic acids is 2. The van der Waals surface area contributed by atoms with E-state index in [2.05, 4.69) is 11.8 Å². The fourth-order valence-electron chi connectivity index (χ4n) is 1.47. The lowest BCUT2D eigenvalue weighted by Gasteiger charge is -2.19. The number of thioether (sulfide) groups is 1. The van der Waals surface area contributed by atoms with Crippen LogP contribution in [0.3, 0.4) is 0 Å². The molecule has 0 amide bonds. The monoisotopic (exact) mass is 304 g/mol. The molecule has 0 saturated carbocycles. The van der Waals surface area contributed by atoms with Gasteiger partial charge in [-0.15, -0.1) is 0 Å². The van der Waals surface area contributed by atoms with Gasteiger partial charge >= 0.3 is 5.97 Å². The van der Waals surface area contributed by atoms with Gasteiger partial charge in [0.25, 0.3) is 0 Å². The zero-order chi connectivity index (χ0) is 15.9. The zero-order valence-electron chi connectivity index (χ0n) is 12.9. The Labute approximate surface area is 130 Å². The van der Waals surface area contributed by atoms with Gasteiger partial charge in [-0.25, -0.2) is 4.79 Å². The minimum absolute atomic E-state index is 0.101. The van der Waals surface area contributed by atoms with Gasteiger partial charge in [-0.2, -0.15) is 0 Å². The summed E-state index contributed by atoms with van der Waals surface area (Å²) in [5, 5.41) is 0.101. The first kappa shape index (κ1) is 17.3. The fraction of sp³-hybridized carbons (Fsp3) is 0.412. The zero-order valence-corrected chi connectivity index (χ0v) is 13.7. The van der Waals surface area contributed by atoms with Crippen LogP contribution >= 0.6 is 11.8 Å². The van der Waals surface area contributed by atoms with Crippen LogP contribution in [0.2, 0.25) is 0 Å². The fourth-order valence-corrected chi connectivity index (χ4v) is 1.96. The van der Waals surface area contributed by atoms with Gasteiger partial charge in [0.1, 0.15) is 5.60 Å². The second-order valence-corrected chi connectivity index (χ2v) is 6.75. The summed E-state index contributed by atoms with van der Waals surface area (Å²) >= 11 is 1.27. The predicted molar refractivity (Wildman–Crippen MR) is 86.2 cm³/mol. The molecule has 4 heteroatoms. The van der Waals surface area contributed by atoms with E-state index < -0.39 is 5.60 Å². The van der Waals surface area contributed by atoms with Gasteiger partial charge in [0.15, 0.2) is 5.12 Å². The Morgan fingerprint density at radius 1 is 1.29 bits per heavy atom. The van der Waals surface area contributed by atoms with Gasteiger partial charge in [0.2, 0.25) is 0 Å². The molecule has 112 valence electrons. The summed E-state index contributed by atoms with van der Waals surface area (Å²) in [4.78, 5) is 22.7. The van der Waals surface area contributed by atoms with Crippen molar-refractivity contribution in [2.75, 3.05) is 5.75 Å². The van der Waals surface area contributed by atoms with Crippen LogP contribution in [-0.4, -0.2) is 22.4 Å². The van der Waals surface area contributed by atoms with Gasteiger partial charge in [-0.05, 0) is 39.0 Å². The van der Waals surface area contributed by atoms with E-state index in [1.807, 2.05) is 26.8 Å². The average Bonchev–Trinajstić information content (AvgIpc) is 2.36. The SMILES string of the molecule is CC(=O)SCCC#Cc1cccc(C(=O)OC(C)(C)C)c1. The number of ether oxygens (including phenoxy) is 1. The molecule has 1 aromatic rings. The first-order valence-electron chi connectivity index (χ1n) is 6.73. The highest BCUT2D eigenvalue weighted by atomic mass is 32.2. The van der Waals surface area contributed by atoms with E-state index in [1.165, 1.54) is 11.8 Å². The molecule has 0 spiro atoms. The largest absolute Gasteiger partial charge is 0.456 e. The van der Waals surface area contributed by atoms with E-state index in [0.717, 1.165) is 5.56 Å². The topological polar surface area (TPSA) is 43.4 Å². The number of hydrogen-bond acceptors (Lipinski definition) is 4. The van der Waals surface area contributed by atoms with Crippen molar-refractivity contribution in [2.24, 2.45) is 0 Å². The van der Waals surface area contributed by atoms with E-state index in [9.17, 15) is 9.59 Å². The molecule has 0 aliphatic heterocycles. The van der Waals surface area contributed by atoms with Crippen LogP contribution in [0.15, 0.2) is 24.3 Å². The van der Waals surface area contributed by atoms with Crippen LogP contribution in [0, 0.1) is 11.8 Å². The van der Waals surface area contributed by atoms with Crippen molar-refractivity contribution >= 4 is 22.8 Å². The highest BCUT2D eigenvalue weighted by Gasteiger charge is 2.17. The quantitative estimate of drug-likeness (QED) is 0.485. The number of benzene rings is 1. The van der Waals surface area contributed by atoms with Crippen LogP contribution in [0.25, 0.3) is 0 Å². The Morgan fingerprint density at radius 3 is 2.62 bits per heavy atom. The predicted octanol–water partition coefficient (Wildman–Crippen LogP) is 3.66. The lowest BCUT2D eigenvalue weighted by Crippen LogP contribution is -2.23.